The molecule has 1 heterocycles. The summed E-state index contributed by atoms with van der Waals surface area (Å²) in [7, 11) is 0. The van der Waals surface area contributed by atoms with E-state index in [1.54, 1.807) is 31.2 Å². The lowest BCUT2D eigenvalue weighted by Gasteiger charge is -2.32. The molecule has 1 aliphatic rings. The molecular weight excluding hydrogens is 353 g/mol. The molecule has 2 aromatic carbocycles. The van der Waals surface area contributed by atoms with E-state index >= 15 is 0 Å². The highest BCUT2D eigenvalue weighted by molar-refractivity contribution is 5.93. The summed E-state index contributed by atoms with van der Waals surface area (Å²) in [4.78, 5) is 24.9. The van der Waals surface area contributed by atoms with Crippen LogP contribution in [0.15, 0.2) is 42.5 Å². The summed E-state index contributed by atoms with van der Waals surface area (Å²) >= 11 is 0. The topological polar surface area (TPSA) is 84.7 Å². The SMILES string of the molecule is Cc1c(NC(=O)CN2CCOC(c3ccc(F)cc3)C2)cccc1[N+](=O)[O-]. The molecule has 1 unspecified atom stereocenters. The second-order valence-electron chi connectivity index (χ2n) is 6.40. The fraction of sp³-hybridized carbons (Fsp3) is 0.316. The van der Waals surface area contributed by atoms with Crippen LogP contribution in [0, 0.1) is 22.9 Å². The number of anilines is 1. The van der Waals surface area contributed by atoms with Crippen LogP contribution in [0.4, 0.5) is 15.8 Å². The minimum atomic E-state index is -0.472. The number of hydrogen-bond acceptors (Lipinski definition) is 5. The Morgan fingerprint density at radius 3 is 2.78 bits per heavy atom. The van der Waals surface area contributed by atoms with Gasteiger partial charge in [-0.15, -0.1) is 0 Å². The van der Waals surface area contributed by atoms with Crippen LogP contribution in [0.1, 0.15) is 17.2 Å². The van der Waals surface area contributed by atoms with Gasteiger partial charge in [0, 0.05) is 19.2 Å². The number of rotatable bonds is 5. The molecule has 27 heavy (non-hydrogen) atoms. The Kier molecular flexibility index (Phi) is 5.78. The van der Waals surface area contributed by atoms with E-state index in [4.69, 9.17) is 4.74 Å². The van der Waals surface area contributed by atoms with Gasteiger partial charge in [0.15, 0.2) is 0 Å². The highest BCUT2D eigenvalue weighted by atomic mass is 19.1. The van der Waals surface area contributed by atoms with Crippen molar-refractivity contribution in [1.29, 1.82) is 0 Å². The summed E-state index contributed by atoms with van der Waals surface area (Å²) in [6.07, 6.45) is -0.230. The lowest BCUT2D eigenvalue weighted by atomic mass is 10.1. The fourth-order valence-electron chi connectivity index (χ4n) is 3.07. The Bertz CT molecular complexity index is 841. The molecular formula is C19H20FN3O4. The summed E-state index contributed by atoms with van der Waals surface area (Å²) in [5, 5.41) is 13.8. The van der Waals surface area contributed by atoms with E-state index in [1.165, 1.54) is 18.2 Å². The first-order valence-corrected chi connectivity index (χ1v) is 8.57. The molecule has 0 aromatic heterocycles. The first kappa shape index (κ1) is 18.9. The van der Waals surface area contributed by atoms with Gasteiger partial charge in [-0.2, -0.15) is 0 Å². The molecule has 1 saturated heterocycles. The summed E-state index contributed by atoms with van der Waals surface area (Å²) in [6, 6.07) is 10.7. The molecule has 0 bridgehead atoms. The minimum absolute atomic E-state index is 0.0319. The number of benzene rings is 2. The van der Waals surface area contributed by atoms with Crippen LogP contribution in [-0.4, -0.2) is 42.0 Å². The van der Waals surface area contributed by atoms with Crippen molar-refractivity contribution in [2.24, 2.45) is 0 Å². The highest BCUT2D eigenvalue weighted by Gasteiger charge is 2.24. The van der Waals surface area contributed by atoms with Gasteiger partial charge in [-0.25, -0.2) is 4.39 Å². The molecule has 0 radical (unpaired) electrons. The summed E-state index contributed by atoms with van der Waals surface area (Å²) in [5.74, 6) is -0.559. The van der Waals surface area contributed by atoms with Gasteiger partial charge in [0.05, 0.1) is 35.4 Å². The average molecular weight is 373 g/mol. The van der Waals surface area contributed by atoms with Crippen molar-refractivity contribution in [3.8, 4) is 0 Å². The number of hydrogen-bond donors (Lipinski definition) is 1. The number of nitro groups is 1. The maximum absolute atomic E-state index is 13.1. The summed E-state index contributed by atoms with van der Waals surface area (Å²) < 4.78 is 18.8. The molecule has 0 saturated carbocycles. The standard InChI is InChI=1S/C19H20FN3O4/c1-13-16(3-2-4-17(13)23(25)26)21-19(24)12-22-9-10-27-18(11-22)14-5-7-15(20)8-6-14/h2-8,18H,9-12H2,1H3,(H,21,24). The van der Waals surface area contributed by atoms with Crippen molar-refractivity contribution >= 4 is 17.3 Å². The number of morpholine rings is 1. The molecule has 7 nitrogen and oxygen atoms in total. The number of halogens is 1. The number of carbonyl (C=O) groups is 1. The van der Waals surface area contributed by atoms with Crippen molar-refractivity contribution in [3.63, 3.8) is 0 Å². The van der Waals surface area contributed by atoms with Gasteiger partial charge in [0.2, 0.25) is 5.91 Å². The Balaban J connectivity index is 1.62. The lowest BCUT2D eigenvalue weighted by Crippen LogP contribution is -2.42. The van der Waals surface area contributed by atoms with Crippen molar-refractivity contribution in [2.75, 3.05) is 31.6 Å². The van der Waals surface area contributed by atoms with Gasteiger partial charge in [-0.1, -0.05) is 18.2 Å². The van der Waals surface area contributed by atoms with Gasteiger partial charge < -0.3 is 10.1 Å². The van der Waals surface area contributed by atoms with Gasteiger partial charge >= 0.3 is 0 Å². The molecule has 3 rings (SSSR count). The molecule has 1 fully saturated rings. The van der Waals surface area contributed by atoms with Crippen LogP contribution in [0.25, 0.3) is 0 Å². The van der Waals surface area contributed by atoms with Crippen LogP contribution in [0.5, 0.6) is 0 Å². The molecule has 1 N–H and O–H groups in total. The Morgan fingerprint density at radius 2 is 2.07 bits per heavy atom. The summed E-state index contributed by atoms with van der Waals surface area (Å²) in [5.41, 5.74) is 1.67. The first-order valence-electron chi connectivity index (χ1n) is 8.57. The molecule has 1 atom stereocenters. The largest absolute Gasteiger partial charge is 0.371 e. The Morgan fingerprint density at radius 1 is 1.33 bits per heavy atom. The van der Waals surface area contributed by atoms with E-state index in [9.17, 15) is 19.3 Å². The molecule has 1 amide bonds. The van der Waals surface area contributed by atoms with Crippen molar-refractivity contribution in [3.05, 3.63) is 69.5 Å². The minimum Gasteiger partial charge on any atom is -0.371 e. The van der Waals surface area contributed by atoms with E-state index in [-0.39, 0.29) is 30.1 Å². The maximum atomic E-state index is 13.1. The molecule has 0 spiro atoms. The van der Waals surface area contributed by atoms with E-state index in [1.807, 2.05) is 4.90 Å². The number of ether oxygens (including phenoxy) is 1. The van der Waals surface area contributed by atoms with E-state index < -0.39 is 4.92 Å². The normalized spacial score (nSPS) is 17.5. The molecule has 2 aromatic rings. The zero-order chi connectivity index (χ0) is 19.4. The van der Waals surface area contributed by atoms with Crippen LogP contribution in [0.2, 0.25) is 0 Å². The zero-order valence-corrected chi connectivity index (χ0v) is 14.9. The predicted molar refractivity (Wildman–Crippen MR) is 98.0 cm³/mol. The number of amides is 1. The zero-order valence-electron chi connectivity index (χ0n) is 14.9. The second kappa shape index (κ2) is 8.24. The quantitative estimate of drug-likeness (QED) is 0.643. The number of nitro benzene ring substituents is 1. The maximum Gasteiger partial charge on any atom is 0.274 e. The molecule has 0 aliphatic carbocycles. The average Bonchev–Trinajstić information content (AvgIpc) is 2.64. The number of carbonyl (C=O) groups excluding carboxylic acids is 1. The second-order valence-corrected chi connectivity index (χ2v) is 6.40. The van der Waals surface area contributed by atoms with E-state index in [0.717, 1.165) is 5.56 Å². The highest BCUT2D eigenvalue weighted by Crippen LogP contribution is 2.25. The van der Waals surface area contributed by atoms with Crippen molar-refractivity contribution in [2.45, 2.75) is 13.0 Å². The van der Waals surface area contributed by atoms with Gasteiger partial charge in [-0.05, 0) is 30.7 Å². The fourth-order valence-corrected chi connectivity index (χ4v) is 3.07. The van der Waals surface area contributed by atoms with E-state index in [0.29, 0.717) is 30.9 Å². The van der Waals surface area contributed by atoms with Gasteiger partial charge in [0.25, 0.3) is 5.69 Å². The van der Waals surface area contributed by atoms with Crippen molar-refractivity contribution < 1.29 is 18.8 Å². The first-order chi connectivity index (χ1) is 12.9. The third kappa shape index (κ3) is 4.66. The monoisotopic (exact) mass is 373 g/mol. The van der Waals surface area contributed by atoms with Crippen molar-refractivity contribution in [1.82, 2.24) is 4.90 Å². The molecule has 142 valence electrons. The van der Waals surface area contributed by atoms with Crippen LogP contribution in [0.3, 0.4) is 0 Å². The predicted octanol–water partition coefficient (Wildman–Crippen LogP) is 3.05. The molecule has 1 aliphatic heterocycles. The number of nitrogens with one attached hydrogen (secondary N) is 1. The Labute approximate surface area is 155 Å². The van der Waals surface area contributed by atoms with Gasteiger partial charge in [0.1, 0.15) is 5.82 Å². The van der Waals surface area contributed by atoms with Crippen LogP contribution in [-0.2, 0) is 9.53 Å². The number of nitrogens with zero attached hydrogens (tertiary/aromatic N) is 2. The summed E-state index contributed by atoms with van der Waals surface area (Å²) in [6.45, 7) is 3.31. The Hall–Kier alpha value is -2.84. The third-order valence-electron chi connectivity index (χ3n) is 4.54. The smallest absolute Gasteiger partial charge is 0.274 e. The molecule has 8 heteroatoms. The van der Waals surface area contributed by atoms with Crippen LogP contribution < -0.4 is 5.32 Å². The third-order valence-corrected chi connectivity index (χ3v) is 4.54. The van der Waals surface area contributed by atoms with Gasteiger partial charge in [-0.3, -0.25) is 19.8 Å². The van der Waals surface area contributed by atoms with Crippen LogP contribution >= 0.6 is 0 Å². The van der Waals surface area contributed by atoms with E-state index in [2.05, 4.69) is 5.32 Å². The lowest BCUT2D eigenvalue weighted by molar-refractivity contribution is -0.385.